The van der Waals surface area contributed by atoms with Crippen molar-refractivity contribution in [3.8, 4) is 0 Å². The van der Waals surface area contributed by atoms with Gasteiger partial charge in [-0.05, 0) is 6.42 Å². The number of nitrogens with two attached hydrogens (primary N) is 1. The Labute approximate surface area is 59.2 Å². The zero-order valence-electron chi connectivity index (χ0n) is 5.92. The Balaban J connectivity index is 2.49. The van der Waals surface area contributed by atoms with Crippen LogP contribution in [0.1, 0.15) is 29.8 Å². The summed E-state index contributed by atoms with van der Waals surface area (Å²) < 4.78 is 5.31. The lowest BCUT2D eigenvalue weighted by Crippen LogP contribution is -2.05. The van der Waals surface area contributed by atoms with Crippen molar-refractivity contribution < 1.29 is 4.42 Å². The second-order valence-electron chi connectivity index (χ2n) is 2.69. The van der Waals surface area contributed by atoms with Crippen molar-refractivity contribution in [1.82, 2.24) is 4.98 Å². The predicted octanol–water partition coefficient (Wildman–Crippen LogP) is 0.929. The normalized spacial score (nSPS) is 23.2. The molecule has 54 valence electrons. The van der Waals surface area contributed by atoms with Crippen molar-refractivity contribution in [1.29, 1.82) is 0 Å². The van der Waals surface area contributed by atoms with E-state index in [1.807, 2.05) is 6.92 Å². The van der Waals surface area contributed by atoms with Crippen molar-refractivity contribution in [3.05, 3.63) is 17.3 Å². The summed E-state index contributed by atoms with van der Waals surface area (Å²) in [6, 6.07) is 0.118. The van der Waals surface area contributed by atoms with Crippen molar-refractivity contribution in [2.75, 3.05) is 0 Å². The minimum Gasteiger partial charge on any atom is -0.446 e. The van der Waals surface area contributed by atoms with Crippen LogP contribution in [0.15, 0.2) is 4.42 Å². The van der Waals surface area contributed by atoms with Crippen LogP contribution in [0.2, 0.25) is 0 Å². The summed E-state index contributed by atoms with van der Waals surface area (Å²) in [5.41, 5.74) is 6.71. The van der Waals surface area contributed by atoms with Crippen molar-refractivity contribution in [2.45, 2.75) is 25.8 Å². The van der Waals surface area contributed by atoms with Crippen LogP contribution in [0.4, 0.5) is 0 Å². The molecule has 0 aromatic carbocycles. The fraction of sp³-hybridized carbons (Fsp3) is 0.571. The molecule has 0 bridgehead atoms. The van der Waals surface area contributed by atoms with Gasteiger partial charge in [-0.1, -0.05) is 0 Å². The minimum absolute atomic E-state index is 0.118. The largest absolute Gasteiger partial charge is 0.446 e. The standard InChI is InChI=1S/C7H10N2O/c1-4-9-7-5(8)2-3-6(7)10-4/h5H,2-3,8H2,1H3. The first-order chi connectivity index (χ1) is 4.77. The van der Waals surface area contributed by atoms with Crippen LogP contribution >= 0.6 is 0 Å². The van der Waals surface area contributed by atoms with Crippen LogP contribution in [0.3, 0.4) is 0 Å². The first-order valence-corrected chi connectivity index (χ1v) is 3.49. The summed E-state index contributed by atoms with van der Waals surface area (Å²) in [6.45, 7) is 1.85. The fourth-order valence-corrected chi connectivity index (χ4v) is 1.38. The summed E-state index contributed by atoms with van der Waals surface area (Å²) in [5.74, 6) is 1.73. The molecule has 1 atom stereocenters. The molecule has 3 nitrogen and oxygen atoms in total. The number of aromatic nitrogens is 1. The molecule has 1 unspecified atom stereocenters. The van der Waals surface area contributed by atoms with E-state index in [1.54, 1.807) is 0 Å². The number of oxazole rings is 1. The Kier molecular flexibility index (Phi) is 1.08. The first-order valence-electron chi connectivity index (χ1n) is 3.49. The highest BCUT2D eigenvalue weighted by molar-refractivity contribution is 5.19. The van der Waals surface area contributed by atoms with Gasteiger partial charge in [-0.2, -0.15) is 0 Å². The molecule has 1 heterocycles. The molecule has 0 radical (unpaired) electrons. The molecule has 0 fully saturated rings. The molecule has 0 aliphatic heterocycles. The van der Waals surface area contributed by atoms with Gasteiger partial charge in [0.1, 0.15) is 5.76 Å². The van der Waals surface area contributed by atoms with E-state index in [4.69, 9.17) is 10.2 Å². The zero-order valence-corrected chi connectivity index (χ0v) is 5.92. The second kappa shape index (κ2) is 1.83. The van der Waals surface area contributed by atoms with Gasteiger partial charge in [-0.25, -0.2) is 4.98 Å². The third kappa shape index (κ3) is 0.671. The number of aryl methyl sites for hydroxylation is 2. The van der Waals surface area contributed by atoms with Crippen LogP contribution in [0.5, 0.6) is 0 Å². The molecule has 1 aliphatic carbocycles. The monoisotopic (exact) mass is 138 g/mol. The Bertz CT molecular complexity index is 254. The van der Waals surface area contributed by atoms with E-state index >= 15 is 0 Å². The third-order valence-corrected chi connectivity index (χ3v) is 1.87. The van der Waals surface area contributed by atoms with E-state index in [0.29, 0.717) is 0 Å². The number of fused-ring (bicyclic) bond motifs is 1. The van der Waals surface area contributed by atoms with Gasteiger partial charge in [0, 0.05) is 13.3 Å². The average Bonchev–Trinajstić information content (AvgIpc) is 2.35. The first kappa shape index (κ1) is 5.92. The van der Waals surface area contributed by atoms with Gasteiger partial charge < -0.3 is 10.2 Å². The molecule has 0 amide bonds. The number of rotatable bonds is 0. The topological polar surface area (TPSA) is 52.0 Å². The maximum Gasteiger partial charge on any atom is 0.191 e. The number of hydrogen-bond donors (Lipinski definition) is 1. The minimum atomic E-state index is 0.118. The molecule has 2 N–H and O–H groups in total. The predicted molar refractivity (Wildman–Crippen MR) is 36.5 cm³/mol. The zero-order chi connectivity index (χ0) is 7.14. The highest BCUT2D eigenvalue weighted by Crippen LogP contribution is 2.28. The van der Waals surface area contributed by atoms with Gasteiger partial charge in [0.05, 0.1) is 11.7 Å². The smallest absolute Gasteiger partial charge is 0.191 e. The van der Waals surface area contributed by atoms with Crippen LogP contribution in [-0.4, -0.2) is 4.98 Å². The molecule has 2 rings (SSSR count). The van der Waals surface area contributed by atoms with Gasteiger partial charge in [0.2, 0.25) is 0 Å². The lowest BCUT2D eigenvalue weighted by molar-refractivity contribution is 0.475. The molecule has 0 saturated carbocycles. The Morgan fingerprint density at radius 1 is 1.70 bits per heavy atom. The van der Waals surface area contributed by atoms with Crippen LogP contribution in [0.25, 0.3) is 0 Å². The SMILES string of the molecule is Cc1nc2c(o1)CCC2N. The molecule has 3 heteroatoms. The van der Waals surface area contributed by atoms with Gasteiger partial charge >= 0.3 is 0 Å². The van der Waals surface area contributed by atoms with Gasteiger partial charge in [0.15, 0.2) is 5.89 Å². The summed E-state index contributed by atoms with van der Waals surface area (Å²) in [5, 5.41) is 0. The lowest BCUT2D eigenvalue weighted by Gasteiger charge is -1.95. The summed E-state index contributed by atoms with van der Waals surface area (Å²) in [7, 11) is 0. The Hall–Kier alpha value is -0.830. The average molecular weight is 138 g/mol. The molecule has 0 spiro atoms. The molecular formula is C7H10N2O. The quantitative estimate of drug-likeness (QED) is 0.580. The molecule has 1 aromatic rings. The van der Waals surface area contributed by atoms with Crippen molar-refractivity contribution >= 4 is 0 Å². The second-order valence-corrected chi connectivity index (χ2v) is 2.69. The summed E-state index contributed by atoms with van der Waals surface area (Å²) >= 11 is 0. The van der Waals surface area contributed by atoms with Gasteiger partial charge in [0.25, 0.3) is 0 Å². The van der Waals surface area contributed by atoms with Crippen molar-refractivity contribution in [3.63, 3.8) is 0 Å². The lowest BCUT2D eigenvalue weighted by atomic mass is 10.3. The van der Waals surface area contributed by atoms with Gasteiger partial charge in [-0.15, -0.1) is 0 Å². The van der Waals surface area contributed by atoms with E-state index in [2.05, 4.69) is 4.98 Å². The van der Waals surface area contributed by atoms with Crippen molar-refractivity contribution in [2.24, 2.45) is 5.73 Å². The summed E-state index contributed by atoms with van der Waals surface area (Å²) in [4.78, 5) is 4.18. The van der Waals surface area contributed by atoms with E-state index in [1.165, 1.54) is 0 Å². The van der Waals surface area contributed by atoms with E-state index in [-0.39, 0.29) is 6.04 Å². The Morgan fingerprint density at radius 3 is 3.20 bits per heavy atom. The number of nitrogens with zero attached hydrogens (tertiary/aromatic N) is 1. The highest BCUT2D eigenvalue weighted by Gasteiger charge is 2.24. The Morgan fingerprint density at radius 2 is 2.50 bits per heavy atom. The summed E-state index contributed by atoms with van der Waals surface area (Å²) in [6.07, 6.45) is 1.94. The van der Waals surface area contributed by atoms with E-state index in [9.17, 15) is 0 Å². The maximum atomic E-state index is 5.74. The maximum absolute atomic E-state index is 5.74. The van der Waals surface area contributed by atoms with E-state index < -0.39 is 0 Å². The van der Waals surface area contributed by atoms with Crippen LogP contribution in [0, 0.1) is 6.92 Å². The van der Waals surface area contributed by atoms with Gasteiger partial charge in [-0.3, -0.25) is 0 Å². The molecule has 0 saturated heterocycles. The molecule has 10 heavy (non-hydrogen) atoms. The highest BCUT2D eigenvalue weighted by atomic mass is 16.4. The molecule has 1 aromatic heterocycles. The molecule has 1 aliphatic rings. The third-order valence-electron chi connectivity index (χ3n) is 1.87. The number of hydrogen-bond acceptors (Lipinski definition) is 3. The van der Waals surface area contributed by atoms with Crippen LogP contribution in [-0.2, 0) is 6.42 Å². The van der Waals surface area contributed by atoms with Crippen LogP contribution < -0.4 is 5.73 Å². The van der Waals surface area contributed by atoms with E-state index in [0.717, 1.165) is 30.2 Å². The fourth-order valence-electron chi connectivity index (χ4n) is 1.38. The molecular weight excluding hydrogens is 128 g/mol.